The Labute approximate surface area is 119 Å². The molecule has 0 spiro atoms. The van der Waals surface area contributed by atoms with E-state index >= 15 is 0 Å². The topological polar surface area (TPSA) is 53.7 Å². The first-order valence-electron chi connectivity index (χ1n) is 6.42. The van der Waals surface area contributed by atoms with Gasteiger partial charge in [-0.3, -0.25) is 0 Å². The number of hydrogen-bond acceptors (Lipinski definition) is 4. The summed E-state index contributed by atoms with van der Waals surface area (Å²) in [5.74, 6) is 2.09. The van der Waals surface area contributed by atoms with Crippen LogP contribution >= 0.6 is 0 Å². The molecule has 0 bridgehead atoms. The van der Waals surface area contributed by atoms with Crippen LogP contribution in [0.25, 0.3) is 0 Å². The van der Waals surface area contributed by atoms with Gasteiger partial charge in [-0.05, 0) is 36.2 Å². The highest BCUT2D eigenvalue weighted by molar-refractivity contribution is 5.57. The van der Waals surface area contributed by atoms with E-state index < -0.39 is 0 Å². The maximum Gasteiger partial charge on any atom is 0.150 e. The molecule has 4 nitrogen and oxygen atoms in total. The number of benzene rings is 2. The van der Waals surface area contributed by atoms with Crippen LogP contribution in [0.2, 0.25) is 0 Å². The Morgan fingerprint density at radius 2 is 1.65 bits per heavy atom. The number of hydrogen-bond donors (Lipinski definition) is 1. The Kier molecular flexibility index (Phi) is 4.85. The lowest BCUT2D eigenvalue weighted by Gasteiger charge is -2.10. The molecule has 0 saturated carbocycles. The quantitative estimate of drug-likeness (QED) is 0.821. The van der Waals surface area contributed by atoms with Gasteiger partial charge in [0.25, 0.3) is 0 Å². The van der Waals surface area contributed by atoms with Crippen molar-refractivity contribution >= 4 is 5.69 Å². The van der Waals surface area contributed by atoms with E-state index in [4.69, 9.17) is 19.9 Å². The van der Waals surface area contributed by atoms with Gasteiger partial charge >= 0.3 is 0 Å². The Bertz CT molecular complexity index is 552. The molecule has 0 radical (unpaired) electrons. The van der Waals surface area contributed by atoms with E-state index in [-0.39, 0.29) is 0 Å². The molecular weight excluding hydrogens is 254 g/mol. The molecule has 2 N–H and O–H groups in total. The number of nitrogen functional groups attached to an aromatic ring is 1. The highest BCUT2D eigenvalue weighted by atomic mass is 16.5. The van der Waals surface area contributed by atoms with Crippen molar-refractivity contribution in [3.63, 3.8) is 0 Å². The minimum absolute atomic E-state index is 0.549. The predicted octanol–water partition coefficient (Wildman–Crippen LogP) is 3.26. The van der Waals surface area contributed by atoms with Crippen LogP contribution in [0, 0.1) is 0 Å². The Balaban J connectivity index is 2.06. The molecule has 0 aliphatic heterocycles. The average molecular weight is 273 g/mol. The SMILES string of the molecule is COCCc1ccc(Oc2ccc(OC)cc2N)cc1. The lowest BCUT2D eigenvalue weighted by molar-refractivity contribution is 0.202. The van der Waals surface area contributed by atoms with Crippen molar-refractivity contribution in [2.45, 2.75) is 6.42 Å². The van der Waals surface area contributed by atoms with Gasteiger partial charge in [-0.1, -0.05) is 12.1 Å². The number of rotatable bonds is 6. The van der Waals surface area contributed by atoms with Crippen LogP contribution in [-0.2, 0) is 11.2 Å². The monoisotopic (exact) mass is 273 g/mol. The Morgan fingerprint density at radius 3 is 2.25 bits per heavy atom. The van der Waals surface area contributed by atoms with Crippen molar-refractivity contribution in [3.8, 4) is 17.2 Å². The van der Waals surface area contributed by atoms with Crippen LogP contribution in [0.3, 0.4) is 0 Å². The van der Waals surface area contributed by atoms with E-state index in [0.29, 0.717) is 23.8 Å². The van der Waals surface area contributed by atoms with Crippen LogP contribution in [0.15, 0.2) is 42.5 Å². The Morgan fingerprint density at radius 1 is 0.950 bits per heavy atom. The second kappa shape index (κ2) is 6.82. The van der Waals surface area contributed by atoms with Gasteiger partial charge < -0.3 is 19.9 Å². The highest BCUT2D eigenvalue weighted by Gasteiger charge is 2.04. The normalized spacial score (nSPS) is 10.3. The van der Waals surface area contributed by atoms with E-state index in [0.717, 1.165) is 12.2 Å². The van der Waals surface area contributed by atoms with Gasteiger partial charge in [-0.2, -0.15) is 0 Å². The summed E-state index contributed by atoms with van der Waals surface area (Å²) in [7, 11) is 3.30. The molecule has 2 aromatic carbocycles. The molecule has 2 aromatic rings. The minimum atomic E-state index is 0.549. The van der Waals surface area contributed by atoms with Gasteiger partial charge in [-0.25, -0.2) is 0 Å². The zero-order valence-corrected chi connectivity index (χ0v) is 11.8. The van der Waals surface area contributed by atoms with Crippen molar-refractivity contribution in [2.24, 2.45) is 0 Å². The fourth-order valence-corrected chi connectivity index (χ4v) is 1.82. The lowest BCUT2D eigenvalue weighted by atomic mass is 10.1. The first kappa shape index (κ1) is 14.2. The molecule has 0 atom stereocenters. The maximum atomic E-state index is 5.92. The molecule has 0 aromatic heterocycles. The first-order chi connectivity index (χ1) is 9.72. The van der Waals surface area contributed by atoms with Crippen LogP contribution in [-0.4, -0.2) is 20.8 Å². The molecule has 0 aliphatic carbocycles. The average Bonchev–Trinajstić information content (AvgIpc) is 2.48. The lowest BCUT2D eigenvalue weighted by Crippen LogP contribution is -1.95. The smallest absolute Gasteiger partial charge is 0.150 e. The third-order valence-corrected chi connectivity index (χ3v) is 2.96. The largest absolute Gasteiger partial charge is 0.497 e. The van der Waals surface area contributed by atoms with Crippen LogP contribution in [0.4, 0.5) is 5.69 Å². The molecule has 2 rings (SSSR count). The zero-order chi connectivity index (χ0) is 14.4. The van der Waals surface area contributed by atoms with E-state index in [1.807, 2.05) is 30.3 Å². The molecule has 0 fully saturated rings. The van der Waals surface area contributed by atoms with Crippen LogP contribution in [0.5, 0.6) is 17.2 Å². The molecule has 106 valence electrons. The van der Waals surface area contributed by atoms with Crippen molar-refractivity contribution < 1.29 is 14.2 Å². The minimum Gasteiger partial charge on any atom is -0.497 e. The molecule has 20 heavy (non-hydrogen) atoms. The summed E-state index contributed by atoms with van der Waals surface area (Å²) < 4.78 is 15.9. The molecular formula is C16H19NO3. The third-order valence-electron chi connectivity index (χ3n) is 2.96. The number of methoxy groups -OCH3 is 2. The summed E-state index contributed by atoms with van der Waals surface area (Å²) in [6, 6.07) is 13.2. The molecule has 0 amide bonds. The van der Waals surface area contributed by atoms with Crippen LogP contribution in [0.1, 0.15) is 5.56 Å². The Hall–Kier alpha value is -2.20. The van der Waals surface area contributed by atoms with Gasteiger partial charge in [0.2, 0.25) is 0 Å². The molecule has 0 unspecified atom stereocenters. The number of nitrogens with two attached hydrogens (primary N) is 1. The molecule has 0 heterocycles. The van der Waals surface area contributed by atoms with Crippen molar-refractivity contribution in [3.05, 3.63) is 48.0 Å². The van der Waals surface area contributed by atoms with E-state index in [1.54, 1.807) is 26.4 Å². The van der Waals surface area contributed by atoms with E-state index in [2.05, 4.69) is 0 Å². The second-order valence-corrected chi connectivity index (χ2v) is 4.39. The second-order valence-electron chi connectivity index (χ2n) is 4.39. The van der Waals surface area contributed by atoms with Crippen molar-refractivity contribution in [1.29, 1.82) is 0 Å². The highest BCUT2D eigenvalue weighted by Crippen LogP contribution is 2.30. The van der Waals surface area contributed by atoms with Crippen molar-refractivity contribution in [2.75, 3.05) is 26.6 Å². The predicted molar refractivity (Wildman–Crippen MR) is 79.5 cm³/mol. The van der Waals surface area contributed by atoms with Gasteiger partial charge in [0.05, 0.1) is 19.4 Å². The fourth-order valence-electron chi connectivity index (χ4n) is 1.82. The summed E-state index contributed by atoms with van der Waals surface area (Å²) in [4.78, 5) is 0. The molecule has 0 aliphatic rings. The number of anilines is 1. The summed E-state index contributed by atoms with van der Waals surface area (Å²) in [5, 5.41) is 0. The van der Waals surface area contributed by atoms with Gasteiger partial charge in [0.15, 0.2) is 5.75 Å². The van der Waals surface area contributed by atoms with Crippen molar-refractivity contribution in [1.82, 2.24) is 0 Å². The van der Waals surface area contributed by atoms with E-state index in [1.165, 1.54) is 5.56 Å². The maximum absolute atomic E-state index is 5.92. The summed E-state index contributed by atoms with van der Waals surface area (Å²) in [5.41, 5.74) is 7.68. The first-order valence-corrected chi connectivity index (χ1v) is 6.42. The van der Waals surface area contributed by atoms with Crippen LogP contribution < -0.4 is 15.2 Å². The standard InChI is InChI=1S/C16H19NO3/c1-18-10-9-12-3-5-13(6-4-12)20-16-8-7-14(19-2)11-15(16)17/h3-8,11H,9-10,17H2,1-2H3. The molecule has 0 saturated heterocycles. The van der Waals surface area contributed by atoms with Gasteiger partial charge in [-0.15, -0.1) is 0 Å². The molecule has 4 heteroatoms. The summed E-state index contributed by atoms with van der Waals surface area (Å²) in [6.45, 7) is 0.714. The van der Waals surface area contributed by atoms with Gasteiger partial charge in [0.1, 0.15) is 11.5 Å². The third kappa shape index (κ3) is 3.65. The number of ether oxygens (including phenoxy) is 3. The van der Waals surface area contributed by atoms with E-state index in [9.17, 15) is 0 Å². The van der Waals surface area contributed by atoms with Gasteiger partial charge in [0, 0.05) is 13.2 Å². The fraction of sp³-hybridized carbons (Fsp3) is 0.250. The summed E-state index contributed by atoms with van der Waals surface area (Å²) in [6.07, 6.45) is 0.890. The summed E-state index contributed by atoms with van der Waals surface area (Å²) >= 11 is 0. The zero-order valence-electron chi connectivity index (χ0n) is 11.8.